The fraction of sp³-hybridized carbons (Fsp3) is 0.463. The van der Waals surface area contributed by atoms with Crippen molar-refractivity contribution >= 4 is 59.2 Å². The van der Waals surface area contributed by atoms with Crippen molar-refractivity contribution in [2.45, 2.75) is 102 Å². The average molecular weight is 1260 g/mol. The summed E-state index contributed by atoms with van der Waals surface area (Å²) in [5, 5.41) is 11.4. The van der Waals surface area contributed by atoms with Crippen LogP contribution in [0.2, 0.25) is 0 Å². The van der Waals surface area contributed by atoms with Crippen LogP contribution in [-0.4, -0.2) is 191 Å². The molecule has 91 heavy (non-hydrogen) atoms. The molecule has 4 atom stereocenters. The fourth-order valence-electron chi connectivity index (χ4n) is 10.6. The number of ketones is 1. The number of piperidine rings is 1. The standard InChI is InChI=1S/C67H84N8O16/c1-67(2)44-90-60(79)22-12-7-8-14-31-72(3)59(78)41-68-57(76)42-73(4)64(83)53(38-45-17-10-9-11-18-45)71-62(81)52(37-46-23-27-49(28-24-46)91-66(85)74-33-35-88-36-34-74)69-58(77)43-89-50-20-16-19-48(40-50)51(29-25-47-26-30-55(86-5)56(39-47)87-6)70-63(82)54-21-13-15-32-75(54)65(84)61(67)80/h9-12,16-20,22-24,26-28,30,39-40,51-54H,7-8,13-15,21,25,29,31-38,41-44H2,1-6H3,(H,68,76)(H,69,77)(H,70,82)(H,71,81)/b22-12+/t51-,52+,53-,54+/m1/s1. The van der Waals surface area contributed by atoms with Crippen LogP contribution in [0.1, 0.15) is 87.1 Å². The number of methoxy groups -OCH3 is 2. The van der Waals surface area contributed by atoms with Crippen molar-refractivity contribution in [3.63, 3.8) is 0 Å². The van der Waals surface area contributed by atoms with Crippen LogP contribution in [0, 0.1) is 5.41 Å². The van der Waals surface area contributed by atoms with Gasteiger partial charge in [-0.25, -0.2) is 9.59 Å². The van der Waals surface area contributed by atoms with Crippen molar-refractivity contribution < 1.29 is 76.4 Å². The van der Waals surface area contributed by atoms with Crippen LogP contribution in [0.4, 0.5) is 4.79 Å². The van der Waals surface area contributed by atoms with Crippen LogP contribution in [0.3, 0.4) is 0 Å². The fourth-order valence-corrected chi connectivity index (χ4v) is 10.6. The van der Waals surface area contributed by atoms with Crippen LogP contribution in [0.25, 0.3) is 0 Å². The van der Waals surface area contributed by atoms with Gasteiger partial charge in [-0.15, -0.1) is 0 Å². The minimum atomic E-state index is -1.45. The molecule has 4 aromatic rings. The normalized spacial score (nSPS) is 21.6. The van der Waals surface area contributed by atoms with Gasteiger partial charge in [-0.1, -0.05) is 66.7 Å². The van der Waals surface area contributed by atoms with Gasteiger partial charge in [0.15, 0.2) is 18.1 Å². The first-order valence-corrected chi connectivity index (χ1v) is 30.7. The lowest BCUT2D eigenvalue weighted by atomic mass is 9.87. The number of esters is 1. The second-order valence-corrected chi connectivity index (χ2v) is 23.4. The molecule has 0 radical (unpaired) electrons. The minimum Gasteiger partial charge on any atom is -0.493 e. The smallest absolute Gasteiger partial charge is 0.415 e. The monoisotopic (exact) mass is 1260 g/mol. The SMILES string of the molecule is COc1ccc(CC[C@H]2NC(=O)[C@@H]3CCCCN3C(=O)C(=O)C(C)(C)COC(=O)/C=C/CCCCN(C)C(=O)CNC(=O)CN(C)C(=O)[C@@H](Cc3ccccc3)NC(=O)[C@H](Cc3ccc(OC(=O)N4CCOCC4)cc3)NC(=O)COc3cccc2c3)cc1OC. The maximum Gasteiger partial charge on any atom is 0.415 e. The molecule has 0 spiro atoms. The number of hydrogen-bond donors (Lipinski definition) is 4. The number of aryl methyl sites for hydroxylation is 1. The molecule has 24 heteroatoms. The van der Waals surface area contributed by atoms with Crippen molar-refractivity contribution in [2.75, 3.05) is 94.0 Å². The Bertz CT molecular complexity index is 3220. The van der Waals surface area contributed by atoms with E-state index in [2.05, 4.69) is 21.3 Å². The minimum absolute atomic E-state index is 0.00531. The van der Waals surface area contributed by atoms with E-state index < -0.39 is 109 Å². The summed E-state index contributed by atoms with van der Waals surface area (Å²) in [6.07, 6.45) is 5.92. The summed E-state index contributed by atoms with van der Waals surface area (Å²) in [7, 11) is 6.04. The average Bonchev–Trinajstić information content (AvgIpc) is 1.36. The highest BCUT2D eigenvalue weighted by Gasteiger charge is 2.42. The summed E-state index contributed by atoms with van der Waals surface area (Å²) in [6.45, 7) is 3.12. The molecule has 2 fully saturated rings. The summed E-state index contributed by atoms with van der Waals surface area (Å²) >= 11 is 0. The number of carbonyl (C=O) groups is 10. The summed E-state index contributed by atoms with van der Waals surface area (Å²) in [5.41, 5.74) is 1.20. The number of hydrogen-bond acceptors (Lipinski definition) is 16. The number of nitrogens with one attached hydrogen (secondary N) is 4. The lowest BCUT2D eigenvalue weighted by Crippen LogP contribution is -2.56. The van der Waals surface area contributed by atoms with Gasteiger partial charge in [0.1, 0.15) is 36.2 Å². The van der Waals surface area contributed by atoms with Gasteiger partial charge in [0.05, 0.1) is 52.0 Å². The zero-order chi connectivity index (χ0) is 65.5. The molecule has 24 nitrogen and oxygen atoms in total. The lowest BCUT2D eigenvalue weighted by Gasteiger charge is -2.36. The zero-order valence-corrected chi connectivity index (χ0v) is 52.7. The number of ether oxygens (including phenoxy) is 6. The molecule has 0 aromatic heterocycles. The number of fused-ring (bicyclic) bond motifs is 3. The number of rotatable bonds is 10. The molecule has 3 heterocycles. The predicted octanol–water partition coefficient (Wildman–Crippen LogP) is 4.45. The molecule has 2 bridgehead atoms. The van der Waals surface area contributed by atoms with E-state index in [1.165, 1.54) is 55.9 Å². The van der Waals surface area contributed by atoms with Gasteiger partial charge in [0, 0.05) is 59.2 Å². The van der Waals surface area contributed by atoms with E-state index >= 15 is 0 Å². The molecular weight excluding hydrogens is 1170 g/mol. The van der Waals surface area contributed by atoms with Crippen LogP contribution in [0.5, 0.6) is 23.0 Å². The van der Waals surface area contributed by atoms with E-state index in [0.717, 1.165) is 10.5 Å². The number of likely N-dealkylation sites (N-methyl/N-ethyl adjacent to an activating group) is 2. The van der Waals surface area contributed by atoms with Crippen LogP contribution in [-0.2, 0) is 71.9 Å². The van der Waals surface area contributed by atoms with Gasteiger partial charge in [0.2, 0.25) is 35.3 Å². The molecule has 3 aliphatic rings. The third kappa shape index (κ3) is 20.9. The van der Waals surface area contributed by atoms with Crippen LogP contribution in [0.15, 0.2) is 109 Å². The number of cyclic esters (lactones) is 1. The molecule has 8 amide bonds. The Morgan fingerprint density at radius 3 is 2.09 bits per heavy atom. The molecular formula is C67H84N8O16. The molecule has 4 aromatic carbocycles. The third-order valence-corrected chi connectivity index (χ3v) is 15.9. The first-order chi connectivity index (χ1) is 43.7. The topological polar surface area (TPSA) is 287 Å². The van der Waals surface area contributed by atoms with Crippen molar-refractivity contribution in [3.8, 4) is 23.0 Å². The highest BCUT2D eigenvalue weighted by molar-refractivity contribution is 6.38. The summed E-state index contributed by atoms with van der Waals surface area (Å²) in [6, 6.07) is 23.2. The first kappa shape index (κ1) is 69.2. The van der Waals surface area contributed by atoms with E-state index in [0.29, 0.717) is 106 Å². The van der Waals surface area contributed by atoms with Crippen molar-refractivity contribution in [3.05, 3.63) is 131 Å². The Balaban J connectivity index is 1.17. The van der Waals surface area contributed by atoms with Gasteiger partial charge in [0.25, 0.3) is 11.8 Å². The van der Waals surface area contributed by atoms with Gasteiger partial charge < -0.3 is 69.3 Å². The van der Waals surface area contributed by atoms with Crippen molar-refractivity contribution in [2.24, 2.45) is 5.41 Å². The van der Waals surface area contributed by atoms with Gasteiger partial charge in [-0.05, 0) is 124 Å². The summed E-state index contributed by atoms with van der Waals surface area (Å²) in [4.78, 5) is 144. The molecule has 3 aliphatic heterocycles. The maximum absolute atomic E-state index is 14.7. The largest absolute Gasteiger partial charge is 0.493 e. The summed E-state index contributed by atoms with van der Waals surface area (Å²) < 4.78 is 33.6. The van der Waals surface area contributed by atoms with E-state index in [9.17, 15) is 47.9 Å². The van der Waals surface area contributed by atoms with Crippen LogP contribution < -0.4 is 40.2 Å². The molecule has 2 saturated heterocycles. The van der Waals surface area contributed by atoms with Crippen molar-refractivity contribution in [1.82, 2.24) is 40.9 Å². The van der Waals surface area contributed by atoms with E-state index in [-0.39, 0.29) is 43.9 Å². The molecule has 0 saturated carbocycles. The maximum atomic E-state index is 14.7. The van der Waals surface area contributed by atoms with Crippen molar-refractivity contribution in [1.29, 1.82) is 0 Å². The molecule has 0 aliphatic carbocycles. The van der Waals surface area contributed by atoms with E-state index in [4.69, 9.17) is 28.4 Å². The Morgan fingerprint density at radius 1 is 0.659 bits per heavy atom. The summed E-state index contributed by atoms with van der Waals surface area (Å²) in [5.74, 6) is -4.58. The molecule has 7 rings (SSSR count). The number of morpholine rings is 1. The van der Waals surface area contributed by atoms with E-state index in [1.54, 1.807) is 98.1 Å². The number of allylic oxidation sites excluding steroid dienone is 1. The number of carbonyl (C=O) groups excluding carboxylic acids is 10. The molecule has 0 unspecified atom stereocenters. The van der Waals surface area contributed by atoms with Crippen LogP contribution >= 0.6 is 0 Å². The second-order valence-electron chi connectivity index (χ2n) is 23.4. The van der Waals surface area contributed by atoms with Gasteiger partial charge in [-0.2, -0.15) is 0 Å². The quantitative estimate of drug-likeness (QED) is 0.126. The number of amides is 8. The Hall–Kier alpha value is -9.32. The number of Topliss-reactive ketones (excluding diaryl/α,β-unsaturated/α-hetero) is 1. The van der Waals surface area contributed by atoms with Gasteiger partial charge in [-0.3, -0.25) is 38.4 Å². The van der Waals surface area contributed by atoms with E-state index in [1.807, 2.05) is 12.1 Å². The number of benzene rings is 4. The Labute approximate surface area is 530 Å². The molecule has 4 N–H and O–H groups in total. The number of nitrogens with zero attached hydrogens (tertiary/aromatic N) is 4. The first-order valence-electron chi connectivity index (χ1n) is 30.7. The zero-order valence-electron chi connectivity index (χ0n) is 52.7. The highest BCUT2D eigenvalue weighted by Crippen LogP contribution is 2.31. The third-order valence-electron chi connectivity index (χ3n) is 15.9. The predicted molar refractivity (Wildman–Crippen MR) is 334 cm³/mol. The Morgan fingerprint density at radius 2 is 1.35 bits per heavy atom. The second kappa shape index (κ2) is 34.0. The van der Waals surface area contributed by atoms with Gasteiger partial charge >= 0.3 is 12.1 Å². The lowest BCUT2D eigenvalue weighted by molar-refractivity contribution is -0.157. The molecule has 488 valence electrons. The Kier molecular flexibility index (Phi) is 25.9. The highest BCUT2D eigenvalue weighted by atomic mass is 16.6.